The Hall–Kier alpha value is -3.15. The van der Waals surface area contributed by atoms with E-state index < -0.39 is 0 Å². The quantitative estimate of drug-likeness (QED) is 0.752. The number of rotatable bonds is 6. The summed E-state index contributed by atoms with van der Waals surface area (Å²) in [6.07, 6.45) is 1.65. The van der Waals surface area contributed by atoms with E-state index in [0.717, 1.165) is 23.8 Å². The van der Waals surface area contributed by atoms with Crippen molar-refractivity contribution < 1.29 is 4.74 Å². The molecule has 0 unspecified atom stereocenters. The normalized spacial score (nSPS) is 10.2. The van der Waals surface area contributed by atoms with Gasteiger partial charge in [-0.3, -0.25) is 0 Å². The minimum Gasteiger partial charge on any atom is -0.497 e. The van der Waals surface area contributed by atoms with Crippen molar-refractivity contribution >= 4 is 17.5 Å². The van der Waals surface area contributed by atoms with E-state index in [4.69, 9.17) is 4.74 Å². The molecular weight excluding hydrogens is 302 g/mol. The minimum atomic E-state index is 0.445. The lowest BCUT2D eigenvalue weighted by molar-refractivity contribution is 0.415. The lowest BCUT2D eigenvalue weighted by Gasteiger charge is -2.18. The molecule has 1 aromatic heterocycles. The van der Waals surface area contributed by atoms with Crippen LogP contribution in [0.2, 0.25) is 0 Å². The number of anilines is 3. The van der Waals surface area contributed by atoms with Crippen LogP contribution in [0.5, 0.6) is 5.75 Å². The summed E-state index contributed by atoms with van der Waals surface area (Å²) in [5.41, 5.74) is 2.06. The van der Waals surface area contributed by atoms with Gasteiger partial charge in [0, 0.05) is 25.3 Å². The van der Waals surface area contributed by atoms with Crippen LogP contribution >= 0.6 is 0 Å². The molecule has 3 rings (SSSR count). The molecule has 0 aliphatic carbocycles. The molecule has 0 bridgehead atoms. The highest BCUT2D eigenvalue weighted by Crippen LogP contribution is 2.20. The van der Waals surface area contributed by atoms with E-state index in [2.05, 4.69) is 32.6 Å². The average Bonchev–Trinajstić information content (AvgIpc) is 2.63. The van der Waals surface area contributed by atoms with Gasteiger partial charge in [-0.2, -0.15) is 10.1 Å². The maximum absolute atomic E-state index is 5.22. The standard InChI is InChI=1S/C18H19N5O/c1-23(13-14-7-4-3-5-8-14)17-12-19-22-18(21-17)20-15-9-6-10-16(11-15)24-2/h3-12H,13H2,1-2H3,(H,20,21,22). The van der Waals surface area contributed by atoms with E-state index in [-0.39, 0.29) is 0 Å². The first-order chi connectivity index (χ1) is 11.7. The van der Waals surface area contributed by atoms with Crippen molar-refractivity contribution in [2.24, 2.45) is 0 Å². The number of nitrogens with one attached hydrogen (secondary N) is 1. The first-order valence-electron chi connectivity index (χ1n) is 7.60. The molecule has 6 heteroatoms. The highest BCUT2D eigenvalue weighted by Gasteiger charge is 2.07. The molecule has 0 fully saturated rings. The van der Waals surface area contributed by atoms with Gasteiger partial charge in [0.25, 0.3) is 0 Å². The van der Waals surface area contributed by atoms with E-state index in [0.29, 0.717) is 5.95 Å². The Bertz CT molecular complexity index is 794. The van der Waals surface area contributed by atoms with E-state index in [1.807, 2.05) is 54.4 Å². The van der Waals surface area contributed by atoms with E-state index in [1.165, 1.54) is 5.56 Å². The van der Waals surface area contributed by atoms with Gasteiger partial charge in [-0.15, -0.1) is 5.10 Å². The van der Waals surface area contributed by atoms with Gasteiger partial charge in [-0.1, -0.05) is 36.4 Å². The number of hydrogen-bond donors (Lipinski definition) is 1. The Balaban J connectivity index is 1.73. The highest BCUT2D eigenvalue weighted by atomic mass is 16.5. The molecule has 0 aliphatic rings. The molecule has 3 aromatic rings. The Kier molecular flexibility index (Phi) is 4.86. The van der Waals surface area contributed by atoms with Gasteiger partial charge >= 0.3 is 0 Å². The van der Waals surface area contributed by atoms with Gasteiger partial charge in [0.2, 0.25) is 5.95 Å². The van der Waals surface area contributed by atoms with Crippen molar-refractivity contribution in [3.63, 3.8) is 0 Å². The summed E-state index contributed by atoms with van der Waals surface area (Å²) in [5.74, 6) is 1.96. The van der Waals surface area contributed by atoms with Gasteiger partial charge in [0.1, 0.15) is 5.75 Å². The summed E-state index contributed by atoms with van der Waals surface area (Å²) in [5, 5.41) is 11.2. The Morgan fingerprint density at radius 2 is 1.92 bits per heavy atom. The van der Waals surface area contributed by atoms with Gasteiger partial charge in [-0.05, 0) is 17.7 Å². The number of hydrogen-bond acceptors (Lipinski definition) is 6. The number of methoxy groups -OCH3 is 1. The summed E-state index contributed by atoms with van der Waals surface area (Å²) in [6, 6.07) is 17.8. The third kappa shape index (κ3) is 3.98. The largest absolute Gasteiger partial charge is 0.497 e. The van der Waals surface area contributed by atoms with Crippen LogP contribution in [0.4, 0.5) is 17.5 Å². The molecule has 0 amide bonds. The maximum atomic E-state index is 5.22. The third-order valence-corrected chi connectivity index (χ3v) is 3.53. The van der Waals surface area contributed by atoms with E-state index in [9.17, 15) is 0 Å². The molecule has 2 aromatic carbocycles. The second-order valence-corrected chi connectivity index (χ2v) is 5.34. The smallest absolute Gasteiger partial charge is 0.249 e. The fourth-order valence-corrected chi connectivity index (χ4v) is 2.30. The fourth-order valence-electron chi connectivity index (χ4n) is 2.30. The van der Waals surface area contributed by atoms with Crippen molar-refractivity contribution in [1.82, 2.24) is 15.2 Å². The Morgan fingerprint density at radius 1 is 1.08 bits per heavy atom. The zero-order valence-corrected chi connectivity index (χ0v) is 13.7. The van der Waals surface area contributed by atoms with Crippen molar-refractivity contribution in [3.8, 4) is 5.75 Å². The lowest BCUT2D eigenvalue weighted by atomic mass is 10.2. The molecule has 0 radical (unpaired) electrons. The molecule has 24 heavy (non-hydrogen) atoms. The summed E-state index contributed by atoms with van der Waals surface area (Å²) in [4.78, 5) is 6.55. The van der Waals surface area contributed by atoms with Crippen LogP contribution in [0.3, 0.4) is 0 Å². The number of ether oxygens (including phenoxy) is 1. The van der Waals surface area contributed by atoms with Crippen molar-refractivity contribution in [2.75, 3.05) is 24.4 Å². The zero-order valence-electron chi connectivity index (χ0n) is 13.7. The highest BCUT2D eigenvalue weighted by molar-refractivity contribution is 5.56. The van der Waals surface area contributed by atoms with Crippen molar-refractivity contribution in [2.45, 2.75) is 6.54 Å². The van der Waals surface area contributed by atoms with Crippen LogP contribution in [0.15, 0.2) is 60.8 Å². The van der Waals surface area contributed by atoms with Crippen LogP contribution in [0, 0.1) is 0 Å². The van der Waals surface area contributed by atoms with E-state index in [1.54, 1.807) is 13.3 Å². The number of nitrogens with zero attached hydrogens (tertiary/aromatic N) is 4. The van der Waals surface area contributed by atoms with Crippen LogP contribution < -0.4 is 15.0 Å². The summed E-state index contributed by atoms with van der Waals surface area (Å²) < 4.78 is 5.22. The molecule has 1 heterocycles. The molecular formula is C18H19N5O. The zero-order chi connectivity index (χ0) is 16.8. The van der Waals surface area contributed by atoms with Gasteiger partial charge in [0.05, 0.1) is 13.3 Å². The van der Waals surface area contributed by atoms with Crippen molar-refractivity contribution in [3.05, 3.63) is 66.4 Å². The second-order valence-electron chi connectivity index (χ2n) is 5.34. The summed E-state index contributed by atoms with van der Waals surface area (Å²) in [6.45, 7) is 0.748. The SMILES string of the molecule is COc1cccc(Nc2nncc(N(C)Cc3ccccc3)n2)c1. The fraction of sp³-hybridized carbons (Fsp3) is 0.167. The topological polar surface area (TPSA) is 63.2 Å². The number of aromatic nitrogens is 3. The van der Waals surface area contributed by atoms with Crippen molar-refractivity contribution in [1.29, 1.82) is 0 Å². The van der Waals surface area contributed by atoms with Gasteiger partial charge in [-0.25, -0.2) is 0 Å². The summed E-state index contributed by atoms with van der Waals surface area (Å²) in [7, 11) is 3.61. The second kappa shape index (κ2) is 7.41. The molecule has 0 spiro atoms. The minimum absolute atomic E-state index is 0.445. The van der Waals surface area contributed by atoms with Crippen LogP contribution in [-0.2, 0) is 6.54 Å². The molecule has 0 saturated heterocycles. The monoisotopic (exact) mass is 321 g/mol. The molecule has 0 aliphatic heterocycles. The summed E-state index contributed by atoms with van der Waals surface area (Å²) >= 11 is 0. The van der Waals surface area contributed by atoms with E-state index >= 15 is 0 Å². The predicted octanol–water partition coefficient (Wildman–Crippen LogP) is 3.26. The first kappa shape index (κ1) is 15.7. The van der Waals surface area contributed by atoms with Crippen LogP contribution in [0.1, 0.15) is 5.56 Å². The lowest BCUT2D eigenvalue weighted by Crippen LogP contribution is -2.18. The van der Waals surface area contributed by atoms with Crippen LogP contribution in [-0.4, -0.2) is 29.3 Å². The molecule has 122 valence electrons. The first-order valence-corrected chi connectivity index (χ1v) is 7.60. The molecule has 1 N–H and O–H groups in total. The maximum Gasteiger partial charge on any atom is 0.249 e. The molecule has 6 nitrogen and oxygen atoms in total. The van der Waals surface area contributed by atoms with Crippen LogP contribution in [0.25, 0.3) is 0 Å². The average molecular weight is 321 g/mol. The third-order valence-electron chi connectivity index (χ3n) is 3.53. The van der Waals surface area contributed by atoms with Gasteiger partial charge < -0.3 is 15.0 Å². The number of benzene rings is 2. The Morgan fingerprint density at radius 3 is 2.71 bits per heavy atom. The molecule has 0 atom stereocenters. The Labute approximate surface area is 141 Å². The molecule has 0 saturated carbocycles. The predicted molar refractivity (Wildman–Crippen MR) is 94.7 cm³/mol. The van der Waals surface area contributed by atoms with Gasteiger partial charge in [0.15, 0.2) is 5.82 Å².